The quantitative estimate of drug-likeness (QED) is 0.320. The number of hydrogen-bond acceptors (Lipinski definition) is 4. The number of benzene rings is 3. The first-order valence-corrected chi connectivity index (χ1v) is 11.5. The second-order valence-electron chi connectivity index (χ2n) is 7.48. The standard InChI is InChI=1S/C26H20ClN3OS/c27-20-13-11-17(12-14-20)21-16-32-26-23(21)25(31)29-22(30-26)15-28-24(18-7-3-1-4-8-18)19-9-5-2-6-10-19/h1-14,16,24,28H,15H2,(H,29,30,31). The maximum atomic E-state index is 13.0. The summed E-state index contributed by atoms with van der Waals surface area (Å²) in [6.45, 7) is 0.438. The lowest BCUT2D eigenvalue weighted by Crippen LogP contribution is -2.24. The monoisotopic (exact) mass is 457 g/mol. The van der Waals surface area contributed by atoms with Crippen molar-refractivity contribution in [1.29, 1.82) is 0 Å². The average molecular weight is 458 g/mol. The zero-order valence-corrected chi connectivity index (χ0v) is 18.7. The third kappa shape index (κ3) is 4.23. The van der Waals surface area contributed by atoms with Crippen LogP contribution in [-0.2, 0) is 6.54 Å². The Balaban J connectivity index is 1.45. The molecule has 0 saturated carbocycles. The molecule has 3 aromatic carbocycles. The van der Waals surface area contributed by atoms with Gasteiger partial charge in [-0.3, -0.25) is 10.1 Å². The fourth-order valence-electron chi connectivity index (χ4n) is 3.84. The number of nitrogens with zero attached hydrogens (tertiary/aromatic N) is 1. The summed E-state index contributed by atoms with van der Waals surface area (Å²) < 4.78 is 0. The fourth-order valence-corrected chi connectivity index (χ4v) is 4.93. The Morgan fingerprint density at radius 2 is 1.53 bits per heavy atom. The van der Waals surface area contributed by atoms with E-state index in [9.17, 15) is 4.79 Å². The molecule has 0 fully saturated rings. The van der Waals surface area contributed by atoms with Crippen LogP contribution in [-0.4, -0.2) is 9.97 Å². The van der Waals surface area contributed by atoms with E-state index >= 15 is 0 Å². The highest BCUT2D eigenvalue weighted by atomic mass is 35.5. The number of aromatic nitrogens is 2. The number of aromatic amines is 1. The van der Waals surface area contributed by atoms with E-state index < -0.39 is 0 Å². The molecule has 32 heavy (non-hydrogen) atoms. The van der Waals surface area contributed by atoms with E-state index in [2.05, 4.69) is 34.6 Å². The zero-order valence-electron chi connectivity index (χ0n) is 17.1. The number of halogens is 1. The van der Waals surface area contributed by atoms with Gasteiger partial charge >= 0.3 is 0 Å². The maximum Gasteiger partial charge on any atom is 0.260 e. The van der Waals surface area contributed by atoms with E-state index in [1.165, 1.54) is 11.3 Å². The molecule has 2 heterocycles. The third-order valence-electron chi connectivity index (χ3n) is 5.39. The Labute approximate surface area is 194 Å². The Morgan fingerprint density at radius 1 is 0.906 bits per heavy atom. The highest BCUT2D eigenvalue weighted by Crippen LogP contribution is 2.31. The van der Waals surface area contributed by atoms with Gasteiger partial charge in [0.25, 0.3) is 5.56 Å². The van der Waals surface area contributed by atoms with Crippen LogP contribution in [0.5, 0.6) is 0 Å². The van der Waals surface area contributed by atoms with Crippen LogP contribution in [0.3, 0.4) is 0 Å². The molecular formula is C26H20ClN3OS. The van der Waals surface area contributed by atoms with Crippen molar-refractivity contribution in [2.24, 2.45) is 0 Å². The minimum atomic E-state index is -0.131. The number of H-pyrrole nitrogens is 1. The summed E-state index contributed by atoms with van der Waals surface area (Å²) in [5.41, 5.74) is 4.01. The van der Waals surface area contributed by atoms with Crippen molar-refractivity contribution in [3.8, 4) is 11.1 Å². The summed E-state index contributed by atoms with van der Waals surface area (Å²) in [7, 11) is 0. The van der Waals surface area contributed by atoms with E-state index in [0.717, 1.165) is 27.1 Å². The topological polar surface area (TPSA) is 57.8 Å². The Bertz CT molecular complexity index is 1360. The molecule has 0 bridgehead atoms. The molecule has 158 valence electrons. The predicted molar refractivity (Wildman–Crippen MR) is 132 cm³/mol. The summed E-state index contributed by atoms with van der Waals surface area (Å²) in [6.07, 6.45) is 0. The van der Waals surface area contributed by atoms with Gasteiger partial charge in [-0.15, -0.1) is 11.3 Å². The summed E-state index contributed by atoms with van der Waals surface area (Å²) in [4.78, 5) is 21.4. The highest BCUT2D eigenvalue weighted by Gasteiger charge is 2.16. The summed E-state index contributed by atoms with van der Waals surface area (Å²) in [5.74, 6) is 0.615. The first-order valence-electron chi connectivity index (χ1n) is 10.3. The smallest absolute Gasteiger partial charge is 0.260 e. The molecule has 0 aliphatic heterocycles. The average Bonchev–Trinajstić information content (AvgIpc) is 3.26. The van der Waals surface area contributed by atoms with Crippen LogP contribution in [0.15, 0.2) is 95.1 Å². The van der Waals surface area contributed by atoms with Gasteiger partial charge in [-0.05, 0) is 28.8 Å². The van der Waals surface area contributed by atoms with E-state index in [1.54, 1.807) is 0 Å². The molecule has 0 spiro atoms. The number of rotatable bonds is 6. The lowest BCUT2D eigenvalue weighted by Gasteiger charge is -2.19. The van der Waals surface area contributed by atoms with Crippen LogP contribution in [0.2, 0.25) is 5.02 Å². The summed E-state index contributed by atoms with van der Waals surface area (Å²) >= 11 is 7.48. The largest absolute Gasteiger partial charge is 0.309 e. The van der Waals surface area contributed by atoms with Crippen molar-refractivity contribution in [1.82, 2.24) is 15.3 Å². The van der Waals surface area contributed by atoms with Gasteiger partial charge in [0.15, 0.2) is 0 Å². The maximum absolute atomic E-state index is 13.0. The molecule has 0 radical (unpaired) electrons. The normalized spacial score (nSPS) is 11.3. The highest BCUT2D eigenvalue weighted by molar-refractivity contribution is 7.17. The van der Waals surface area contributed by atoms with Crippen LogP contribution >= 0.6 is 22.9 Å². The molecular weight excluding hydrogens is 438 g/mol. The molecule has 0 amide bonds. The van der Waals surface area contributed by atoms with Gasteiger partial charge in [-0.25, -0.2) is 4.98 Å². The van der Waals surface area contributed by atoms with Crippen LogP contribution in [0.1, 0.15) is 23.0 Å². The number of thiophene rings is 1. The molecule has 0 saturated heterocycles. The zero-order chi connectivity index (χ0) is 21.9. The first kappa shape index (κ1) is 20.6. The molecule has 2 aromatic heterocycles. The van der Waals surface area contributed by atoms with E-state index in [4.69, 9.17) is 16.6 Å². The van der Waals surface area contributed by atoms with E-state index in [1.807, 2.05) is 66.0 Å². The number of hydrogen-bond donors (Lipinski definition) is 2. The van der Waals surface area contributed by atoms with Crippen LogP contribution in [0.25, 0.3) is 21.3 Å². The van der Waals surface area contributed by atoms with Gasteiger partial charge in [0.1, 0.15) is 10.7 Å². The van der Waals surface area contributed by atoms with Crippen LogP contribution in [0.4, 0.5) is 0 Å². The first-order chi connectivity index (χ1) is 15.7. The van der Waals surface area contributed by atoms with Crippen molar-refractivity contribution < 1.29 is 0 Å². The lowest BCUT2D eigenvalue weighted by molar-refractivity contribution is 0.587. The number of nitrogens with one attached hydrogen (secondary N) is 2. The van der Waals surface area contributed by atoms with Gasteiger partial charge < -0.3 is 4.98 Å². The molecule has 5 aromatic rings. The van der Waals surface area contributed by atoms with Gasteiger partial charge in [0, 0.05) is 16.0 Å². The Kier molecular flexibility index (Phi) is 5.86. The third-order valence-corrected chi connectivity index (χ3v) is 6.51. The minimum absolute atomic E-state index is 0.00800. The van der Waals surface area contributed by atoms with Crippen molar-refractivity contribution >= 4 is 33.2 Å². The molecule has 2 N–H and O–H groups in total. The molecule has 5 rings (SSSR count). The van der Waals surface area contributed by atoms with Crippen molar-refractivity contribution in [2.45, 2.75) is 12.6 Å². The van der Waals surface area contributed by atoms with Gasteiger partial charge in [-0.1, -0.05) is 84.4 Å². The lowest BCUT2D eigenvalue weighted by atomic mass is 9.99. The molecule has 6 heteroatoms. The van der Waals surface area contributed by atoms with Crippen molar-refractivity contribution in [3.05, 3.63) is 123 Å². The van der Waals surface area contributed by atoms with Crippen molar-refractivity contribution in [2.75, 3.05) is 0 Å². The predicted octanol–water partition coefficient (Wildman–Crippen LogP) is 6.18. The van der Waals surface area contributed by atoms with Gasteiger partial charge in [0.05, 0.1) is 18.0 Å². The second-order valence-corrected chi connectivity index (χ2v) is 8.78. The number of fused-ring (bicyclic) bond motifs is 1. The minimum Gasteiger partial charge on any atom is -0.309 e. The van der Waals surface area contributed by atoms with E-state index in [0.29, 0.717) is 22.8 Å². The molecule has 0 unspecified atom stereocenters. The Hall–Kier alpha value is -3.25. The van der Waals surface area contributed by atoms with E-state index in [-0.39, 0.29) is 11.6 Å². The Morgan fingerprint density at radius 3 is 2.16 bits per heavy atom. The molecule has 0 aliphatic rings. The molecule has 4 nitrogen and oxygen atoms in total. The summed E-state index contributed by atoms with van der Waals surface area (Å²) in [6, 6.07) is 28.0. The van der Waals surface area contributed by atoms with Crippen LogP contribution < -0.4 is 10.9 Å². The SMILES string of the molecule is O=c1[nH]c(CNC(c2ccccc2)c2ccccc2)nc2scc(-c3ccc(Cl)cc3)c12. The molecule has 0 atom stereocenters. The van der Waals surface area contributed by atoms with Gasteiger partial charge in [0.2, 0.25) is 0 Å². The second kappa shape index (κ2) is 9.09. The summed E-state index contributed by atoms with van der Waals surface area (Å²) in [5, 5.41) is 6.82. The van der Waals surface area contributed by atoms with Gasteiger partial charge in [-0.2, -0.15) is 0 Å². The van der Waals surface area contributed by atoms with Crippen LogP contribution in [0, 0.1) is 0 Å². The fraction of sp³-hybridized carbons (Fsp3) is 0.0769. The molecule has 0 aliphatic carbocycles. The van der Waals surface area contributed by atoms with Crippen molar-refractivity contribution in [3.63, 3.8) is 0 Å².